The van der Waals surface area contributed by atoms with E-state index in [1.165, 1.54) is 18.4 Å². The van der Waals surface area contributed by atoms with E-state index < -0.39 is 0 Å². The summed E-state index contributed by atoms with van der Waals surface area (Å²) in [5.41, 5.74) is 2.20. The molecule has 90 valence electrons. The Balaban J connectivity index is 1.84. The molecule has 1 saturated heterocycles. The first-order valence-corrected chi connectivity index (χ1v) is 6.34. The number of nitrogens with zero attached hydrogens (tertiary/aromatic N) is 3. The number of nitrogens with one attached hydrogen (secondary N) is 1. The van der Waals surface area contributed by atoms with Crippen LogP contribution in [0.15, 0.2) is 18.3 Å². The predicted molar refractivity (Wildman–Crippen MR) is 67.0 cm³/mol. The highest BCUT2D eigenvalue weighted by atomic mass is 15.2. The highest BCUT2D eigenvalue weighted by Gasteiger charge is 2.16. The molecule has 0 spiro atoms. The van der Waals surface area contributed by atoms with E-state index in [1.54, 1.807) is 0 Å². The molecule has 0 radical (unpaired) electrons. The van der Waals surface area contributed by atoms with Gasteiger partial charge in [-0.15, -0.1) is 10.2 Å². The minimum atomic E-state index is 0.755. The quantitative estimate of drug-likeness (QED) is 0.851. The summed E-state index contributed by atoms with van der Waals surface area (Å²) in [6.07, 6.45) is 5.63. The molecule has 0 bridgehead atoms. The van der Waals surface area contributed by atoms with E-state index in [4.69, 9.17) is 0 Å². The fourth-order valence-corrected chi connectivity index (χ4v) is 2.53. The molecule has 4 nitrogen and oxygen atoms in total. The molecule has 1 aliphatic rings. The smallest absolute Gasteiger partial charge is 0.161 e. The van der Waals surface area contributed by atoms with Crippen LogP contribution >= 0.6 is 0 Å². The van der Waals surface area contributed by atoms with E-state index in [-0.39, 0.29) is 0 Å². The molecular weight excluding hydrogens is 212 g/mol. The minimum absolute atomic E-state index is 0.755. The van der Waals surface area contributed by atoms with Gasteiger partial charge in [0, 0.05) is 12.6 Å². The number of hydrogen-bond donors (Lipinski definition) is 1. The second-order valence-corrected chi connectivity index (χ2v) is 4.95. The highest BCUT2D eigenvalue weighted by Crippen LogP contribution is 2.17. The van der Waals surface area contributed by atoms with Crippen LogP contribution in [0.2, 0.25) is 0 Å². The number of hydrogen-bond acceptors (Lipinski definition) is 3. The average Bonchev–Trinajstić information content (AvgIpc) is 2.73. The van der Waals surface area contributed by atoms with Crippen LogP contribution in [0.25, 0.3) is 5.65 Å². The van der Waals surface area contributed by atoms with Gasteiger partial charge in [0.1, 0.15) is 5.82 Å². The summed E-state index contributed by atoms with van der Waals surface area (Å²) in [6.45, 7) is 4.36. The van der Waals surface area contributed by atoms with Crippen molar-refractivity contribution in [3.63, 3.8) is 0 Å². The predicted octanol–water partition coefficient (Wildman–Crippen LogP) is 1.58. The van der Waals surface area contributed by atoms with Crippen molar-refractivity contribution in [2.75, 3.05) is 13.1 Å². The van der Waals surface area contributed by atoms with E-state index in [0.717, 1.165) is 36.9 Å². The summed E-state index contributed by atoms with van der Waals surface area (Å²) >= 11 is 0. The van der Waals surface area contributed by atoms with Crippen LogP contribution in [-0.2, 0) is 6.42 Å². The third kappa shape index (κ3) is 2.17. The van der Waals surface area contributed by atoms with Crippen LogP contribution in [-0.4, -0.2) is 27.7 Å². The molecule has 0 atom stereocenters. The van der Waals surface area contributed by atoms with Crippen molar-refractivity contribution in [3.05, 3.63) is 29.7 Å². The van der Waals surface area contributed by atoms with Crippen LogP contribution in [0.4, 0.5) is 0 Å². The number of piperidine rings is 1. The van der Waals surface area contributed by atoms with Crippen LogP contribution in [0.1, 0.15) is 24.2 Å². The van der Waals surface area contributed by atoms with Gasteiger partial charge in [0.2, 0.25) is 0 Å². The molecule has 4 heteroatoms. The fourth-order valence-electron chi connectivity index (χ4n) is 2.53. The SMILES string of the molecule is Cc1ccn2c(CC3CCNCC3)nnc2c1. The first-order chi connectivity index (χ1) is 8.33. The minimum Gasteiger partial charge on any atom is -0.317 e. The van der Waals surface area contributed by atoms with E-state index in [9.17, 15) is 0 Å². The molecule has 3 rings (SSSR count). The summed E-state index contributed by atoms with van der Waals surface area (Å²) in [4.78, 5) is 0. The zero-order valence-electron chi connectivity index (χ0n) is 10.2. The maximum atomic E-state index is 4.32. The van der Waals surface area contributed by atoms with Crippen molar-refractivity contribution in [2.24, 2.45) is 5.92 Å². The Labute approximate surface area is 101 Å². The van der Waals surface area contributed by atoms with E-state index in [0.29, 0.717) is 0 Å². The van der Waals surface area contributed by atoms with Crippen molar-refractivity contribution in [1.29, 1.82) is 0 Å². The van der Waals surface area contributed by atoms with Gasteiger partial charge in [-0.2, -0.15) is 0 Å². The van der Waals surface area contributed by atoms with Crippen LogP contribution < -0.4 is 5.32 Å². The molecule has 0 aliphatic carbocycles. The highest BCUT2D eigenvalue weighted by molar-refractivity contribution is 5.40. The molecule has 0 unspecified atom stereocenters. The van der Waals surface area contributed by atoms with Gasteiger partial charge < -0.3 is 5.32 Å². The molecule has 1 fully saturated rings. The normalized spacial score (nSPS) is 17.7. The summed E-state index contributed by atoms with van der Waals surface area (Å²) < 4.78 is 2.12. The summed E-state index contributed by atoms with van der Waals surface area (Å²) in [6, 6.07) is 4.20. The molecule has 0 aromatic carbocycles. The molecule has 3 heterocycles. The lowest BCUT2D eigenvalue weighted by atomic mass is 9.94. The summed E-state index contributed by atoms with van der Waals surface area (Å²) in [5, 5.41) is 12.0. The van der Waals surface area contributed by atoms with Gasteiger partial charge in [0.25, 0.3) is 0 Å². The fraction of sp³-hybridized carbons (Fsp3) is 0.538. The second kappa shape index (κ2) is 4.45. The van der Waals surface area contributed by atoms with Crippen molar-refractivity contribution < 1.29 is 0 Å². The molecule has 2 aromatic heterocycles. The average molecular weight is 230 g/mol. The van der Waals surface area contributed by atoms with Crippen molar-refractivity contribution in [2.45, 2.75) is 26.2 Å². The third-order valence-electron chi connectivity index (χ3n) is 3.57. The Morgan fingerprint density at radius 3 is 3.00 bits per heavy atom. The zero-order valence-corrected chi connectivity index (χ0v) is 10.2. The zero-order chi connectivity index (χ0) is 11.7. The number of aryl methyl sites for hydroxylation is 1. The Bertz CT molecular complexity index is 511. The molecule has 17 heavy (non-hydrogen) atoms. The van der Waals surface area contributed by atoms with Gasteiger partial charge in [-0.25, -0.2) is 0 Å². The maximum absolute atomic E-state index is 4.32. The second-order valence-electron chi connectivity index (χ2n) is 4.95. The van der Waals surface area contributed by atoms with Crippen LogP contribution in [0, 0.1) is 12.8 Å². The topological polar surface area (TPSA) is 42.2 Å². The van der Waals surface area contributed by atoms with Crippen LogP contribution in [0.5, 0.6) is 0 Å². The van der Waals surface area contributed by atoms with E-state index in [1.807, 2.05) is 0 Å². The maximum Gasteiger partial charge on any atom is 0.161 e. The van der Waals surface area contributed by atoms with E-state index >= 15 is 0 Å². The van der Waals surface area contributed by atoms with Crippen molar-refractivity contribution in [1.82, 2.24) is 19.9 Å². The van der Waals surface area contributed by atoms with Crippen molar-refractivity contribution >= 4 is 5.65 Å². The van der Waals surface area contributed by atoms with Gasteiger partial charge in [0.15, 0.2) is 5.65 Å². The standard InChI is InChI=1S/C13H18N4/c1-10-4-7-17-12(8-10)15-16-13(17)9-11-2-5-14-6-3-11/h4,7-8,11,14H,2-3,5-6,9H2,1H3. The number of pyridine rings is 1. The van der Waals surface area contributed by atoms with Crippen molar-refractivity contribution in [3.8, 4) is 0 Å². The summed E-state index contributed by atoms with van der Waals surface area (Å²) in [7, 11) is 0. The molecule has 1 N–H and O–H groups in total. The van der Waals surface area contributed by atoms with Gasteiger partial charge in [-0.05, 0) is 56.5 Å². The molecule has 0 saturated carbocycles. The first-order valence-electron chi connectivity index (χ1n) is 6.34. The third-order valence-corrected chi connectivity index (χ3v) is 3.57. The lowest BCUT2D eigenvalue weighted by Crippen LogP contribution is -2.29. The Hall–Kier alpha value is -1.42. The van der Waals surface area contributed by atoms with Gasteiger partial charge >= 0.3 is 0 Å². The largest absolute Gasteiger partial charge is 0.317 e. The Morgan fingerprint density at radius 1 is 1.35 bits per heavy atom. The monoisotopic (exact) mass is 230 g/mol. The Kier molecular flexibility index (Phi) is 2.81. The number of fused-ring (bicyclic) bond motifs is 1. The molecule has 0 amide bonds. The number of rotatable bonds is 2. The lowest BCUT2D eigenvalue weighted by Gasteiger charge is -2.21. The molecule has 1 aliphatic heterocycles. The summed E-state index contributed by atoms with van der Waals surface area (Å²) in [5.74, 6) is 1.86. The van der Waals surface area contributed by atoms with Gasteiger partial charge in [-0.1, -0.05) is 0 Å². The van der Waals surface area contributed by atoms with E-state index in [2.05, 4.69) is 45.2 Å². The first kappa shape index (κ1) is 10.7. The Morgan fingerprint density at radius 2 is 2.18 bits per heavy atom. The molecule has 2 aromatic rings. The van der Waals surface area contributed by atoms with Crippen LogP contribution in [0.3, 0.4) is 0 Å². The lowest BCUT2D eigenvalue weighted by molar-refractivity contribution is 0.366. The number of aromatic nitrogens is 3. The van der Waals surface area contributed by atoms with Gasteiger partial charge in [0.05, 0.1) is 0 Å². The van der Waals surface area contributed by atoms with Gasteiger partial charge in [-0.3, -0.25) is 4.40 Å². The molecular formula is C13H18N4.